The van der Waals surface area contributed by atoms with E-state index in [0.29, 0.717) is 24.0 Å². The highest BCUT2D eigenvalue weighted by Gasteiger charge is 2.60. The predicted molar refractivity (Wildman–Crippen MR) is 125 cm³/mol. The molecular weight excluding hydrogens is 454 g/mol. The number of carbonyl (C=O) groups excluding carboxylic acids is 2. The summed E-state index contributed by atoms with van der Waals surface area (Å²) >= 11 is 3.46. The molecule has 1 heterocycles. The highest BCUT2D eigenvalue weighted by Crippen LogP contribution is 2.61. The Morgan fingerprint density at radius 2 is 2.06 bits per heavy atom. The zero-order valence-corrected chi connectivity index (χ0v) is 20.2. The van der Waals surface area contributed by atoms with Crippen molar-refractivity contribution < 1.29 is 14.3 Å². The molecule has 168 valence electrons. The van der Waals surface area contributed by atoms with Crippen molar-refractivity contribution in [2.75, 3.05) is 25.0 Å². The Labute approximate surface area is 194 Å². The molecule has 1 saturated heterocycles. The van der Waals surface area contributed by atoms with Crippen LogP contribution < -0.4 is 4.74 Å². The zero-order chi connectivity index (χ0) is 21.6. The van der Waals surface area contributed by atoms with Crippen molar-refractivity contribution in [2.45, 2.75) is 64.2 Å². The zero-order valence-electron chi connectivity index (χ0n) is 18.6. The first kappa shape index (κ1) is 21.5. The van der Waals surface area contributed by atoms with Crippen LogP contribution in [0, 0.1) is 23.2 Å². The van der Waals surface area contributed by atoms with Gasteiger partial charge in [0.1, 0.15) is 11.5 Å². The number of halogens is 1. The molecule has 1 amide bonds. The highest BCUT2D eigenvalue weighted by atomic mass is 79.9. The average Bonchev–Trinajstić information content (AvgIpc) is 3.40. The molecule has 0 aromatic heterocycles. The number of likely N-dealkylation sites (tertiary alicyclic amines) is 1. The molecule has 1 aromatic rings. The topological polar surface area (TPSA) is 46.6 Å². The molecule has 4 nitrogen and oxygen atoms in total. The average molecular weight is 488 g/mol. The fourth-order valence-corrected chi connectivity index (χ4v) is 7.41. The Morgan fingerprint density at radius 3 is 2.84 bits per heavy atom. The Hall–Kier alpha value is -1.36. The predicted octanol–water partition coefficient (Wildman–Crippen LogP) is 5.12. The molecule has 0 spiro atoms. The van der Waals surface area contributed by atoms with Crippen molar-refractivity contribution in [1.82, 2.24) is 4.90 Å². The molecule has 5 atom stereocenters. The van der Waals surface area contributed by atoms with Gasteiger partial charge < -0.3 is 9.64 Å². The number of nitrogens with zero attached hydrogens (tertiary/aromatic N) is 1. The lowest BCUT2D eigenvalue weighted by Crippen LogP contribution is -2.47. The normalized spacial score (nSPS) is 34.3. The summed E-state index contributed by atoms with van der Waals surface area (Å²) in [6.45, 7) is 4.66. The van der Waals surface area contributed by atoms with E-state index in [-0.39, 0.29) is 23.2 Å². The third-order valence-electron chi connectivity index (χ3n) is 8.71. The maximum atomic E-state index is 13.4. The first-order chi connectivity index (χ1) is 15.0. The maximum absolute atomic E-state index is 13.4. The van der Waals surface area contributed by atoms with E-state index in [1.807, 2.05) is 4.90 Å². The van der Waals surface area contributed by atoms with E-state index in [1.165, 1.54) is 11.1 Å². The van der Waals surface area contributed by atoms with Gasteiger partial charge in [-0.05, 0) is 86.0 Å². The van der Waals surface area contributed by atoms with Crippen molar-refractivity contribution in [2.24, 2.45) is 23.2 Å². The van der Waals surface area contributed by atoms with Crippen molar-refractivity contribution in [3.63, 3.8) is 0 Å². The molecule has 5 rings (SSSR count). The molecule has 0 N–H and O–H groups in total. The number of hydrogen-bond donors (Lipinski definition) is 0. The number of rotatable bonds is 5. The lowest BCUT2D eigenvalue weighted by molar-refractivity contribution is -0.138. The summed E-state index contributed by atoms with van der Waals surface area (Å²) in [6, 6.07) is 6.63. The summed E-state index contributed by atoms with van der Waals surface area (Å²) in [6.07, 6.45) is 7.77. The van der Waals surface area contributed by atoms with Gasteiger partial charge in [-0.2, -0.15) is 0 Å². The second-order valence-electron chi connectivity index (χ2n) is 10.3. The van der Waals surface area contributed by atoms with E-state index < -0.39 is 0 Å². The van der Waals surface area contributed by atoms with Gasteiger partial charge in [-0.15, -0.1) is 0 Å². The third kappa shape index (κ3) is 3.65. The maximum Gasteiger partial charge on any atom is 0.226 e. The third-order valence-corrected chi connectivity index (χ3v) is 9.27. The minimum atomic E-state index is -0.308. The molecule has 1 aliphatic heterocycles. The number of amides is 1. The van der Waals surface area contributed by atoms with Crippen molar-refractivity contribution in [3.8, 4) is 5.75 Å². The Bertz CT molecular complexity index is 864. The fourth-order valence-electron chi connectivity index (χ4n) is 7.18. The van der Waals surface area contributed by atoms with Gasteiger partial charge in [0.15, 0.2) is 0 Å². The first-order valence-corrected chi connectivity index (χ1v) is 13.3. The second kappa shape index (κ2) is 8.53. The molecular formula is C26H34BrNO3. The summed E-state index contributed by atoms with van der Waals surface area (Å²) in [7, 11) is 0. The number of fused-ring (bicyclic) bond motifs is 5. The standard InChI is InChI=1S/C26H34BrNO3/c1-26-10-9-20-19-8-6-18(31-14-4-11-27)15-17(19)5-7-21(20)24(26)22(16-23(26)29)25(30)28-12-2-3-13-28/h6,8,15,20-22,24H,2-5,7,9-14,16H2,1H3/t20-,21-,22+,24-,26-/m1/s1. The number of Topliss-reactive ketones (excluding diaryl/α,β-unsaturated/α-hetero) is 1. The first-order valence-electron chi connectivity index (χ1n) is 12.2. The Morgan fingerprint density at radius 1 is 1.26 bits per heavy atom. The van der Waals surface area contributed by atoms with E-state index >= 15 is 0 Å². The molecule has 31 heavy (non-hydrogen) atoms. The van der Waals surface area contributed by atoms with Gasteiger partial charge in [0.25, 0.3) is 0 Å². The van der Waals surface area contributed by atoms with Crippen LogP contribution in [0.3, 0.4) is 0 Å². The number of ether oxygens (including phenoxy) is 1. The van der Waals surface area contributed by atoms with E-state index in [1.54, 1.807) is 0 Å². The van der Waals surface area contributed by atoms with E-state index in [2.05, 4.69) is 41.1 Å². The van der Waals surface area contributed by atoms with E-state index in [0.717, 1.165) is 75.7 Å². The molecule has 0 bridgehead atoms. The number of aryl methyl sites for hydroxylation is 1. The molecule has 0 unspecified atom stereocenters. The van der Waals surface area contributed by atoms with Gasteiger partial charge in [-0.3, -0.25) is 9.59 Å². The number of carbonyl (C=O) groups is 2. The SMILES string of the molecule is C[C@]12CC[C@@H]3c4ccc(OCCCBr)cc4CC[C@H]3[C@@H]1[C@@H](C(=O)N1CCCC1)CC2=O. The van der Waals surface area contributed by atoms with Crippen molar-refractivity contribution in [3.05, 3.63) is 29.3 Å². The molecule has 3 aliphatic carbocycles. The lowest BCUT2D eigenvalue weighted by atomic mass is 9.54. The number of benzene rings is 1. The minimum Gasteiger partial charge on any atom is -0.494 e. The van der Waals surface area contributed by atoms with E-state index in [9.17, 15) is 9.59 Å². The Kier molecular flexibility index (Phi) is 5.91. The number of ketones is 1. The van der Waals surface area contributed by atoms with Crippen LogP contribution >= 0.6 is 15.9 Å². The largest absolute Gasteiger partial charge is 0.494 e. The molecule has 5 heteroatoms. The van der Waals surface area contributed by atoms with Crippen molar-refractivity contribution >= 4 is 27.6 Å². The summed E-state index contributed by atoms with van der Waals surface area (Å²) < 4.78 is 5.93. The van der Waals surface area contributed by atoms with Crippen LogP contribution in [0.4, 0.5) is 0 Å². The smallest absolute Gasteiger partial charge is 0.226 e. The van der Waals surface area contributed by atoms with Crippen LogP contribution in [0.15, 0.2) is 18.2 Å². The second-order valence-corrected chi connectivity index (χ2v) is 11.1. The van der Waals surface area contributed by atoms with Gasteiger partial charge in [-0.25, -0.2) is 0 Å². The molecule has 1 aromatic carbocycles. The highest BCUT2D eigenvalue weighted by molar-refractivity contribution is 9.09. The van der Waals surface area contributed by atoms with Crippen LogP contribution in [0.1, 0.15) is 68.9 Å². The van der Waals surface area contributed by atoms with Crippen LogP contribution in [0.5, 0.6) is 5.75 Å². The summed E-state index contributed by atoms with van der Waals surface area (Å²) in [5.74, 6) is 2.59. The molecule has 0 radical (unpaired) electrons. The summed E-state index contributed by atoms with van der Waals surface area (Å²) in [5.41, 5.74) is 2.54. The van der Waals surface area contributed by atoms with Gasteiger partial charge in [0.05, 0.1) is 6.61 Å². The van der Waals surface area contributed by atoms with Gasteiger partial charge in [0.2, 0.25) is 5.91 Å². The fraction of sp³-hybridized carbons (Fsp3) is 0.692. The number of hydrogen-bond acceptors (Lipinski definition) is 3. The minimum absolute atomic E-state index is 0.100. The van der Waals surface area contributed by atoms with Crippen LogP contribution in [-0.4, -0.2) is 41.6 Å². The monoisotopic (exact) mass is 487 g/mol. The van der Waals surface area contributed by atoms with Gasteiger partial charge in [0, 0.05) is 36.2 Å². The van der Waals surface area contributed by atoms with Crippen LogP contribution in [-0.2, 0) is 16.0 Å². The molecule has 4 aliphatic rings. The van der Waals surface area contributed by atoms with Gasteiger partial charge >= 0.3 is 0 Å². The number of alkyl halides is 1. The van der Waals surface area contributed by atoms with Crippen LogP contribution in [0.25, 0.3) is 0 Å². The lowest BCUT2D eigenvalue weighted by Gasteiger charge is -2.49. The quantitative estimate of drug-likeness (QED) is 0.427. The molecule has 2 saturated carbocycles. The summed E-state index contributed by atoms with van der Waals surface area (Å²) in [5, 5.41) is 0.956. The molecule has 3 fully saturated rings. The summed E-state index contributed by atoms with van der Waals surface area (Å²) in [4.78, 5) is 28.6. The van der Waals surface area contributed by atoms with Crippen LogP contribution in [0.2, 0.25) is 0 Å². The Balaban J connectivity index is 1.41. The van der Waals surface area contributed by atoms with Gasteiger partial charge in [-0.1, -0.05) is 28.9 Å². The van der Waals surface area contributed by atoms with E-state index in [4.69, 9.17) is 4.74 Å². The van der Waals surface area contributed by atoms with Crippen molar-refractivity contribution in [1.29, 1.82) is 0 Å².